The summed E-state index contributed by atoms with van der Waals surface area (Å²) in [6, 6.07) is 23.4. The monoisotopic (exact) mass is 424 g/mol. The summed E-state index contributed by atoms with van der Waals surface area (Å²) in [5, 5.41) is 5.95. The number of aromatic nitrogens is 1. The van der Waals surface area contributed by atoms with Gasteiger partial charge in [-0.05, 0) is 35.4 Å². The molecule has 162 valence electrons. The molecule has 0 aliphatic heterocycles. The summed E-state index contributed by atoms with van der Waals surface area (Å²) >= 11 is 0. The van der Waals surface area contributed by atoms with Crippen LogP contribution in [0.15, 0.2) is 66.7 Å². The molecule has 4 aromatic rings. The molecule has 1 aromatic heterocycles. The van der Waals surface area contributed by atoms with Gasteiger partial charge < -0.3 is 14.8 Å². The molecular formula is C28H28N2O2. The number of ether oxygens (including phenoxy) is 2. The summed E-state index contributed by atoms with van der Waals surface area (Å²) in [5.41, 5.74) is 5.96. The number of nitrogens with zero attached hydrogens (tertiary/aromatic N) is 1. The van der Waals surface area contributed by atoms with Gasteiger partial charge in [-0.1, -0.05) is 67.6 Å². The number of fused-ring (bicyclic) bond motifs is 5. The van der Waals surface area contributed by atoms with E-state index in [1.807, 2.05) is 12.1 Å². The van der Waals surface area contributed by atoms with Crippen molar-refractivity contribution in [3.63, 3.8) is 0 Å². The van der Waals surface area contributed by atoms with E-state index >= 15 is 0 Å². The minimum atomic E-state index is 0.113. The Morgan fingerprint density at radius 2 is 1.69 bits per heavy atom. The van der Waals surface area contributed by atoms with Crippen LogP contribution in [0.1, 0.15) is 36.0 Å². The number of hydrogen-bond donors (Lipinski definition) is 1. The second-order valence-electron chi connectivity index (χ2n) is 8.19. The zero-order chi connectivity index (χ0) is 22.1. The van der Waals surface area contributed by atoms with Crippen molar-refractivity contribution >= 4 is 16.6 Å². The van der Waals surface area contributed by atoms with Crippen molar-refractivity contribution in [1.82, 2.24) is 4.98 Å². The van der Waals surface area contributed by atoms with E-state index in [0.717, 1.165) is 53.3 Å². The van der Waals surface area contributed by atoms with Crippen molar-refractivity contribution in [3.05, 3.63) is 83.4 Å². The molecule has 0 bridgehead atoms. The third kappa shape index (κ3) is 3.27. The van der Waals surface area contributed by atoms with Gasteiger partial charge in [0, 0.05) is 29.0 Å². The Bertz CT molecular complexity index is 1280. The Labute approximate surface area is 189 Å². The van der Waals surface area contributed by atoms with Crippen molar-refractivity contribution in [2.24, 2.45) is 0 Å². The van der Waals surface area contributed by atoms with Gasteiger partial charge in [0.2, 0.25) is 0 Å². The van der Waals surface area contributed by atoms with Gasteiger partial charge in [-0.2, -0.15) is 0 Å². The zero-order valence-electron chi connectivity index (χ0n) is 18.8. The van der Waals surface area contributed by atoms with Crippen LogP contribution >= 0.6 is 0 Å². The van der Waals surface area contributed by atoms with Crippen LogP contribution in [0.4, 0.5) is 5.82 Å². The first kappa shape index (κ1) is 20.4. The molecule has 0 saturated heterocycles. The average Bonchev–Trinajstić information content (AvgIpc) is 2.86. The first-order chi connectivity index (χ1) is 15.8. The summed E-state index contributed by atoms with van der Waals surface area (Å²) in [6.07, 6.45) is 1.94. The molecule has 4 heteroatoms. The number of rotatable bonds is 6. The third-order valence-electron chi connectivity index (χ3n) is 6.35. The molecule has 1 aliphatic rings. The Morgan fingerprint density at radius 3 is 2.47 bits per heavy atom. The summed E-state index contributed by atoms with van der Waals surface area (Å²) in [7, 11) is 3.40. The largest absolute Gasteiger partial charge is 0.493 e. The van der Waals surface area contributed by atoms with Crippen molar-refractivity contribution in [1.29, 1.82) is 0 Å². The zero-order valence-corrected chi connectivity index (χ0v) is 18.8. The number of benzene rings is 3. The van der Waals surface area contributed by atoms with Gasteiger partial charge in [0.25, 0.3) is 0 Å². The summed E-state index contributed by atoms with van der Waals surface area (Å²) in [5.74, 6) is 2.61. The molecule has 0 spiro atoms. The highest BCUT2D eigenvalue weighted by molar-refractivity contribution is 5.99. The predicted molar refractivity (Wildman–Crippen MR) is 131 cm³/mol. The van der Waals surface area contributed by atoms with Crippen LogP contribution in [-0.4, -0.2) is 25.7 Å². The smallest absolute Gasteiger partial charge is 0.164 e. The molecular weight excluding hydrogens is 396 g/mol. The summed E-state index contributed by atoms with van der Waals surface area (Å²) in [6.45, 7) is 3.07. The number of para-hydroxylation sites is 1. The highest BCUT2D eigenvalue weighted by Crippen LogP contribution is 2.49. The van der Waals surface area contributed by atoms with E-state index in [1.165, 1.54) is 22.1 Å². The van der Waals surface area contributed by atoms with E-state index in [0.29, 0.717) is 0 Å². The van der Waals surface area contributed by atoms with Gasteiger partial charge in [-0.25, -0.2) is 4.98 Å². The maximum absolute atomic E-state index is 5.85. The van der Waals surface area contributed by atoms with E-state index in [-0.39, 0.29) is 5.92 Å². The molecule has 1 aliphatic carbocycles. The van der Waals surface area contributed by atoms with Crippen LogP contribution in [0.3, 0.4) is 0 Å². The van der Waals surface area contributed by atoms with Gasteiger partial charge in [0.15, 0.2) is 11.5 Å². The van der Waals surface area contributed by atoms with Crippen LogP contribution in [-0.2, 0) is 6.42 Å². The number of pyridine rings is 1. The van der Waals surface area contributed by atoms with Gasteiger partial charge in [-0.15, -0.1) is 0 Å². The predicted octanol–water partition coefficient (Wildman–Crippen LogP) is 6.43. The highest BCUT2D eigenvalue weighted by atomic mass is 16.5. The van der Waals surface area contributed by atoms with E-state index in [9.17, 15) is 0 Å². The minimum Gasteiger partial charge on any atom is -0.493 e. The van der Waals surface area contributed by atoms with Gasteiger partial charge in [-0.3, -0.25) is 0 Å². The van der Waals surface area contributed by atoms with Crippen LogP contribution in [0.5, 0.6) is 11.5 Å². The van der Waals surface area contributed by atoms with Gasteiger partial charge >= 0.3 is 0 Å². The third-order valence-corrected chi connectivity index (χ3v) is 6.35. The lowest BCUT2D eigenvalue weighted by Gasteiger charge is -2.31. The van der Waals surface area contributed by atoms with Gasteiger partial charge in [0.05, 0.1) is 19.9 Å². The van der Waals surface area contributed by atoms with Crippen molar-refractivity contribution in [2.45, 2.75) is 25.7 Å². The molecule has 1 N–H and O–H groups in total. The van der Waals surface area contributed by atoms with E-state index in [2.05, 4.69) is 66.8 Å². The van der Waals surface area contributed by atoms with Crippen LogP contribution in [0.2, 0.25) is 0 Å². The Kier molecular flexibility index (Phi) is 5.44. The van der Waals surface area contributed by atoms with E-state index < -0.39 is 0 Å². The van der Waals surface area contributed by atoms with Crippen LogP contribution < -0.4 is 14.8 Å². The lowest BCUT2D eigenvalue weighted by atomic mass is 9.75. The van der Waals surface area contributed by atoms with E-state index in [4.69, 9.17) is 14.5 Å². The molecule has 1 unspecified atom stereocenters. The normalized spacial score (nSPS) is 14.5. The molecule has 1 atom stereocenters. The van der Waals surface area contributed by atoms with Crippen LogP contribution in [0, 0.1) is 0 Å². The Hall–Kier alpha value is -3.53. The SMILES string of the molecule is CCCNc1nc2c(c3ccccc13)C(c1cccc(OC)c1OC)Cc1ccccc1-2. The second kappa shape index (κ2) is 8.54. The van der Waals surface area contributed by atoms with Crippen LogP contribution in [0.25, 0.3) is 22.0 Å². The molecule has 0 fully saturated rings. The lowest BCUT2D eigenvalue weighted by molar-refractivity contribution is 0.350. The van der Waals surface area contributed by atoms with Crippen molar-refractivity contribution < 1.29 is 9.47 Å². The molecule has 4 nitrogen and oxygen atoms in total. The topological polar surface area (TPSA) is 43.4 Å². The molecule has 0 amide bonds. The standard InChI is InChI=1S/C28H28N2O2/c1-4-16-29-28-22-13-8-7-12-20(22)25-23(21-14-9-15-24(31-2)27(21)32-3)17-18-10-5-6-11-19(18)26(25)30-28/h5-15,23H,4,16-17H2,1-3H3,(H,29,30). The number of nitrogens with one attached hydrogen (secondary N) is 1. The molecule has 5 rings (SSSR count). The quantitative estimate of drug-likeness (QED) is 0.387. The number of anilines is 1. The lowest BCUT2D eigenvalue weighted by Crippen LogP contribution is -2.17. The van der Waals surface area contributed by atoms with Crippen molar-refractivity contribution in [3.8, 4) is 22.8 Å². The highest BCUT2D eigenvalue weighted by Gasteiger charge is 2.32. The maximum Gasteiger partial charge on any atom is 0.164 e. The fourth-order valence-corrected chi connectivity index (χ4v) is 4.92. The van der Waals surface area contributed by atoms with E-state index in [1.54, 1.807) is 14.2 Å². The fourth-order valence-electron chi connectivity index (χ4n) is 4.92. The molecule has 0 radical (unpaired) electrons. The first-order valence-corrected chi connectivity index (χ1v) is 11.2. The second-order valence-corrected chi connectivity index (χ2v) is 8.19. The summed E-state index contributed by atoms with van der Waals surface area (Å²) < 4.78 is 11.5. The number of hydrogen-bond acceptors (Lipinski definition) is 4. The average molecular weight is 425 g/mol. The molecule has 1 heterocycles. The maximum atomic E-state index is 5.85. The Morgan fingerprint density at radius 1 is 0.906 bits per heavy atom. The molecule has 0 saturated carbocycles. The molecule has 32 heavy (non-hydrogen) atoms. The minimum absolute atomic E-state index is 0.113. The fraction of sp³-hybridized carbons (Fsp3) is 0.250. The summed E-state index contributed by atoms with van der Waals surface area (Å²) in [4.78, 5) is 5.21. The Balaban J connectivity index is 1.83. The van der Waals surface area contributed by atoms with Gasteiger partial charge in [0.1, 0.15) is 5.82 Å². The van der Waals surface area contributed by atoms with Crippen molar-refractivity contribution in [2.75, 3.05) is 26.1 Å². The first-order valence-electron chi connectivity index (χ1n) is 11.2. The molecule has 3 aromatic carbocycles. The number of methoxy groups -OCH3 is 2.